The van der Waals surface area contributed by atoms with Crippen molar-refractivity contribution in [1.29, 1.82) is 0 Å². The molecule has 1 aromatic heterocycles. The van der Waals surface area contributed by atoms with E-state index in [1.165, 1.54) is 11.8 Å². The van der Waals surface area contributed by atoms with Crippen LogP contribution in [0, 0.1) is 0 Å². The minimum Gasteiger partial charge on any atom is -0.497 e. The van der Waals surface area contributed by atoms with E-state index in [1.54, 1.807) is 12.0 Å². The van der Waals surface area contributed by atoms with Crippen molar-refractivity contribution < 1.29 is 19.1 Å². The lowest BCUT2D eigenvalue weighted by Gasteiger charge is -2.26. The number of aromatic nitrogens is 3. The van der Waals surface area contributed by atoms with Crippen LogP contribution in [-0.4, -0.2) is 70.6 Å². The molecule has 0 radical (unpaired) electrons. The largest absolute Gasteiger partial charge is 0.497 e. The van der Waals surface area contributed by atoms with Gasteiger partial charge in [0, 0.05) is 20.1 Å². The quantitative estimate of drug-likeness (QED) is 0.625. The number of carbonyl (C=O) groups is 2. The summed E-state index contributed by atoms with van der Waals surface area (Å²) in [5.41, 5.74) is 0.899. The maximum Gasteiger partial charge on any atom is 0.233 e. The molecule has 0 unspecified atom stereocenters. The predicted octanol–water partition coefficient (Wildman–Crippen LogP) is 1.19. The fraction of sp³-hybridized carbons (Fsp3) is 0.500. The minimum atomic E-state index is -0.308. The third kappa shape index (κ3) is 5.73. The number of ether oxygens (including phenoxy) is 2. The Bertz CT molecular complexity index is 865. The van der Waals surface area contributed by atoms with Gasteiger partial charge in [0.05, 0.1) is 38.5 Å². The highest BCUT2D eigenvalue weighted by molar-refractivity contribution is 7.99. The maximum absolute atomic E-state index is 12.4. The molecule has 2 heterocycles. The predicted molar refractivity (Wildman–Crippen MR) is 112 cm³/mol. The second kappa shape index (κ2) is 10.4. The van der Waals surface area contributed by atoms with Gasteiger partial charge in [-0.15, -0.1) is 10.2 Å². The molecule has 10 heteroatoms. The van der Waals surface area contributed by atoms with E-state index in [1.807, 2.05) is 42.8 Å². The van der Waals surface area contributed by atoms with E-state index >= 15 is 0 Å². The summed E-state index contributed by atoms with van der Waals surface area (Å²) in [5, 5.41) is 12.0. The number of morpholine rings is 1. The van der Waals surface area contributed by atoms with Crippen LogP contribution in [0.25, 0.3) is 0 Å². The number of nitrogens with one attached hydrogen (secondary N) is 1. The van der Waals surface area contributed by atoms with Gasteiger partial charge in [-0.2, -0.15) is 0 Å². The van der Waals surface area contributed by atoms with Crippen molar-refractivity contribution in [2.24, 2.45) is 7.05 Å². The van der Waals surface area contributed by atoms with Crippen LogP contribution in [0.4, 0.5) is 0 Å². The Hall–Kier alpha value is -2.59. The van der Waals surface area contributed by atoms with Crippen molar-refractivity contribution in [3.8, 4) is 5.75 Å². The summed E-state index contributed by atoms with van der Waals surface area (Å²) in [6.45, 7) is 4.28. The van der Waals surface area contributed by atoms with Gasteiger partial charge in [0.25, 0.3) is 0 Å². The number of carbonyl (C=O) groups excluding carboxylic acids is 2. The summed E-state index contributed by atoms with van der Waals surface area (Å²) in [4.78, 5) is 26.5. The lowest BCUT2D eigenvalue weighted by Crippen LogP contribution is -2.41. The zero-order valence-corrected chi connectivity index (χ0v) is 18.3. The number of thioether (sulfide) groups is 1. The van der Waals surface area contributed by atoms with Gasteiger partial charge in [-0.1, -0.05) is 23.9 Å². The number of methoxy groups -OCH3 is 1. The second-order valence-corrected chi connectivity index (χ2v) is 7.94. The Morgan fingerprint density at radius 3 is 2.60 bits per heavy atom. The van der Waals surface area contributed by atoms with Gasteiger partial charge in [0.1, 0.15) is 5.75 Å². The number of rotatable bonds is 8. The summed E-state index contributed by atoms with van der Waals surface area (Å²) in [6, 6.07) is 7.09. The molecule has 1 saturated heterocycles. The van der Waals surface area contributed by atoms with E-state index in [4.69, 9.17) is 9.47 Å². The van der Waals surface area contributed by atoms with Crippen LogP contribution in [0.15, 0.2) is 29.4 Å². The van der Waals surface area contributed by atoms with Crippen LogP contribution in [0.1, 0.15) is 24.4 Å². The van der Waals surface area contributed by atoms with E-state index in [2.05, 4.69) is 15.5 Å². The Labute approximate surface area is 180 Å². The number of nitrogens with zero attached hydrogens (tertiary/aromatic N) is 4. The molecule has 3 rings (SSSR count). The molecule has 0 saturated carbocycles. The molecule has 1 aromatic carbocycles. The zero-order valence-electron chi connectivity index (χ0n) is 17.5. The summed E-state index contributed by atoms with van der Waals surface area (Å²) in [7, 11) is 3.44. The fourth-order valence-corrected chi connectivity index (χ4v) is 3.97. The third-order valence-electron chi connectivity index (χ3n) is 4.85. The van der Waals surface area contributed by atoms with Crippen LogP contribution in [0.3, 0.4) is 0 Å². The van der Waals surface area contributed by atoms with Crippen LogP contribution in [-0.2, 0) is 27.8 Å². The summed E-state index contributed by atoms with van der Waals surface area (Å²) in [5.74, 6) is 1.65. The van der Waals surface area contributed by atoms with Crippen molar-refractivity contribution >= 4 is 23.6 Å². The van der Waals surface area contributed by atoms with Crippen LogP contribution in [0.2, 0.25) is 0 Å². The zero-order chi connectivity index (χ0) is 21.5. The minimum absolute atomic E-state index is 0.0636. The van der Waals surface area contributed by atoms with E-state index < -0.39 is 0 Å². The maximum atomic E-state index is 12.4. The third-order valence-corrected chi connectivity index (χ3v) is 5.85. The number of hydrogen-bond donors (Lipinski definition) is 1. The molecule has 0 aliphatic carbocycles. The first-order valence-corrected chi connectivity index (χ1v) is 10.8. The molecule has 2 amide bonds. The standard InChI is InChI=1S/C20H27N5O4S/c1-14(21-17(26)12-15-4-6-16(28-3)7-5-15)19-22-23-20(24(19)2)30-13-18(27)25-8-10-29-11-9-25/h4-7,14H,8-13H2,1-3H3,(H,21,26)/t14-/m0/s1. The van der Waals surface area contributed by atoms with Crippen molar-refractivity contribution in [2.45, 2.75) is 24.5 Å². The van der Waals surface area contributed by atoms with Crippen molar-refractivity contribution in [3.63, 3.8) is 0 Å². The molecule has 162 valence electrons. The lowest BCUT2D eigenvalue weighted by molar-refractivity contribution is -0.132. The Morgan fingerprint density at radius 2 is 1.93 bits per heavy atom. The number of benzene rings is 1. The first-order valence-electron chi connectivity index (χ1n) is 9.78. The highest BCUT2D eigenvalue weighted by Crippen LogP contribution is 2.20. The van der Waals surface area contributed by atoms with E-state index in [9.17, 15) is 9.59 Å². The summed E-state index contributed by atoms with van der Waals surface area (Å²) >= 11 is 1.34. The average molecular weight is 434 g/mol. The van der Waals surface area contributed by atoms with Crippen LogP contribution >= 0.6 is 11.8 Å². The van der Waals surface area contributed by atoms with E-state index in [-0.39, 0.29) is 24.3 Å². The Balaban J connectivity index is 1.52. The molecule has 9 nitrogen and oxygen atoms in total. The van der Waals surface area contributed by atoms with Gasteiger partial charge in [0.2, 0.25) is 11.8 Å². The van der Waals surface area contributed by atoms with Crippen molar-refractivity contribution in [1.82, 2.24) is 25.0 Å². The Morgan fingerprint density at radius 1 is 1.23 bits per heavy atom. The number of hydrogen-bond acceptors (Lipinski definition) is 7. The average Bonchev–Trinajstić information content (AvgIpc) is 3.13. The fourth-order valence-electron chi connectivity index (χ4n) is 3.15. The van der Waals surface area contributed by atoms with Gasteiger partial charge < -0.3 is 24.3 Å². The van der Waals surface area contributed by atoms with Gasteiger partial charge >= 0.3 is 0 Å². The molecule has 30 heavy (non-hydrogen) atoms. The van der Waals surface area contributed by atoms with Gasteiger partial charge in [-0.3, -0.25) is 9.59 Å². The first kappa shape index (κ1) is 22.1. The normalized spacial score (nSPS) is 15.0. The highest BCUT2D eigenvalue weighted by atomic mass is 32.2. The molecular formula is C20H27N5O4S. The molecule has 1 aliphatic heterocycles. The summed E-state index contributed by atoms with van der Waals surface area (Å²) in [6.07, 6.45) is 0.266. The molecule has 1 aliphatic rings. The first-order chi connectivity index (χ1) is 14.5. The van der Waals surface area contributed by atoms with E-state index in [0.29, 0.717) is 43.0 Å². The molecule has 0 bridgehead atoms. The molecule has 0 spiro atoms. The SMILES string of the molecule is COc1ccc(CC(=O)N[C@@H](C)c2nnc(SCC(=O)N3CCOCC3)n2C)cc1. The van der Waals surface area contributed by atoms with Crippen LogP contribution < -0.4 is 10.1 Å². The Kier molecular flexibility index (Phi) is 7.69. The smallest absolute Gasteiger partial charge is 0.233 e. The summed E-state index contributed by atoms with van der Waals surface area (Å²) < 4.78 is 12.2. The molecule has 1 atom stereocenters. The topological polar surface area (TPSA) is 98.6 Å². The van der Waals surface area contributed by atoms with Gasteiger partial charge in [-0.05, 0) is 24.6 Å². The highest BCUT2D eigenvalue weighted by Gasteiger charge is 2.21. The van der Waals surface area contributed by atoms with Gasteiger partial charge in [0.15, 0.2) is 11.0 Å². The van der Waals surface area contributed by atoms with E-state index in [0.717, 1.165) is 11.3 Å². The lowest BCUT2D eigenvalue weighted by atomic mass is 10.1. The van der Waals surface area contributed by atoms with Crippen molar-refractivity contribution in [3.05, 3.63) is 35.7 Å². The molecule has 1 fully saturated rings. The monoisotopic (exact) mass is 433 g/mol. The van der Waals surface area contributed by atoms with Crippen LogP contribution in [0.5, 0.6) is 5.75 Å². The molecule has 1 N–H and O–H groups in total. The second-order valence-electron chi connectivity index (χ2n) is 7.00. The van der Waals surface area contributed by atoms with Crippen molar-refractivity contribution in [2.75, 3.05) is 39.2 Å². The molecular weight excluding hydrogens is 406 g/mol. The number of amides is 2. The van der Waals surface area contributed by atoms with Gasteiger partial charge in [-0.25, -0.2) is 0 Å². The molecule has 2 aromatic rings.